The van der Waals surface area contributed by atoms with Gasteiger partial charge in [-0.25, -0.2) is 8.78 Å². The molecule has 0 saturated carbocycles. The molecule has 11 heteroatoms. The zero-order valence-electron chi connectivity index (χ0n) is 11.9. The predicted octanol–water partition coefficient (Wildman–Crippen LogP) is -3.44. The van der Waals surface area contributed by atoms with E-state index in [1.54, 1.807) is 0 Å². The van der Waals surface area contributed by atoms with Gasteiger partial charge in [0.2, 0.25) is 0 Å². The molecular formula is C12H20F2O9. The van der Waals surface area contributed by atoms with Gasteiger partial charge in [-0.15, -0.1) is 0 Å². The van der Waals surface area contributed by atoms with Crippen LogP contribution in [-0.4, -0.2) is 105 Å². The number of aliphatic hydroxyl groups excluding tert-OH is 6. The highest BCUT2D eigenvalue weighted by molar-refractivity contribution is 4.92. The van der Waals surface area contributed by atoms with E-state index < -0.39 is 74.8 Å². The SMILES string of the molecule is OCC1O[C@H](O[C@@H]2OC(CO)[C@@H](O)C(O)C2F)C(F)C(O)[C@@H]1O. The molecule has 0 aliphatic carbocycles. The van der Waals surface area contributed by atoms with Crippen molar-refractivity contribution in [1.82, 2.24) is 0 Å². The molecule has 10 atom stereocenters. The zero-order valence-corrected chi connectivity index (χ0v) is 11.9. The predicted molar refractivity (Wildman–Crippen MR) is 66.4 cm³/mol. The third-order valence-corrected chi connectivity index (χ3v) is 3.88. The minimum absolute atomic E-state index is 0.754. The lowest BCUT2D eigenvalue weighted by atomic mass is 9.99. The fraction of sp³-hybridized carbons (Fsp3) is 1.00. The molecule has 2 fully saturated rings. The number of hydrogen-bond donors (Lipinski definition) is 6. The minimum Gasteiger partial charge on any atom is -0.394 e. The zero-order chi connectivity index (χ0) is 17.3. The monoisotopic (exact) mass is 346 g/mol. The minimum atomic E-state index is -2.28. The van der Waals surface area contributed by atoms with E-state index in [9.17, 15) is 29.2 Å². The van der Waals surface area contributed by atoms with E-state index in [1.807, 2.05) is 0 Å². The summed E-state index contributed by atoms with van der Waals surface area (Å²) in [5, 5.41) is 56.1. The second-order valence-electron chi connectivity index (χ2n) is 5.44. The van der Waals surface area contributed by atoms with Gasteiger partial charge >= 0.3 is 0 Å². The molecular weight excluding hydrogens is 326 g/mol. The third kappa shape index (κ3) is 3.62. The molecule has 2 aliphatic rings. The van der Waals surface area contributed by atoms with Crippen LogP contribution in [0.1, 0.15) is 0 Å². The van der Waals surface area contributed by atoms with Gasteiger partial charge in [-0.1, -0.05) is 0 Å². The molecule has 0 amide bonds. The molecule has 0 aromatic heterocycles. The lowest BCUT2D eigenvalue weighted by molar-refractivity contribution is -0.363. The van der Waals surface area contributed by atoms with E-state index in [-0.39, 0.29) is 0 Å². The second-order valence-corrected chi connectivity index (χ2v) is 5.44. The summed E-state index contributed by atoms with van der Waals surface area (Å²) in [7, 11) is 0. The van der Waals surface area contributed by atoms with Crippen molar-refractivity contribution in [3.05, 3.63) is 0 Å². The Labute approximate surface area is 129 Å². The van der Waals surface area contributed by atoms with Crippen LogP contribution < -0.4 is 0 Å². The van der Waals surface area contributed by atoms with Gasteiger partial charge in [0.25, 0.3) is 0 Å². The van der Waals surface area contributed by atoms with E-state index in [4.69, 9.17) is 24.4 Å². The molecule has 2 saturated heterocycles. The molecule has 0 radical (unpaired) electrons. The number of alkyl halides is 2. The fourth-order valence-corrected chi connectivity index (χ4v) is 2.44. The summed E-state index contributed by atoms with van der Waals surface area (Å²) in [6.45, 7) is -1.51. The Balaban J connectivity index is 2.07. The summed E-state index contributed by atoms with van der Waals surface area (Å²) in [4.78, 5) is 0. The van der Waals surface area contributed by atoms with Crippen LogP contribution in [0.3, 0.4) is 0 Å². The Morgan fingerprint density at radius 2 is 1.04 bits per heavy atom. The van der Waals surface area contributed by atoms with Crippen molar-refractivity contribution in [2.45, 2.75) is 61.5 Å². The van der Waals surface area contributed by atoms with Crippen molar-refractivity contribution >= 4 is 0 Å². The summed E-state index contributed by atoms with van der Waals surface area (Å²) in [6, 6.07) is 0. The van der Waals surface area contributed by atoms with Crippen molar-refractivity contribution in [1.29, 1.82) is 0 Å². The highest BCUT2D eigenvalue weighted by Crippen LogP contribution is 2.30. The van der Waals surface area contributed by atoms with Crippen LogP contribution in [0.5, 0.6) is 0 Å². The normalized spacial score (nSPS) is 51.7. The fourth-order valence-electron chi connectivity index (χ4n) is 2.44. The van der Waals surface area contributed by atoms with Crippen LogP contribution >= 0.6 is 0 Å². The van der Waals surface area contributed by atoms with Crippen molar-refractivity contribution in [2.24, 2.45) is 0 Å². The van der Waals surface area contributed by atoms with Gasteiger partial charge in [0.05, 0.1) is 13.2 Å². The Morgan fingerprint density at radius 1 is 0.696 bits per heavy atom. The first-order chi connectivity index (χ1) is 10.8. The van der Waals surface area contributed by atoms with E-state index in [2.05, 4.69) is 0 Å². The quantitative estimate of drug-likeness (QED) is 0.306. The molecule has 2 heterocycles. The molecule has 6 N–H and O–H groups in total. The van der Waals surface area contributed by atoms with Crippen molar-refractivity contribution in [3.63, 3.8) is 0 Å². The van der Waals surface area contributed by atoms with Crippen LogP contribution in [0, 0.1) is 0 Å². The number of rotatable bonds is 4. The molecule has 2 rings (SSSR count). The van der Waals surface area contributed by atoms with Crippen LogP contribution in [0.15, 0.2) is 0 Å². The standard InChI is InChI=1S/C12H20F2O9/c13-5-9(19)7(17)3(1-15)21-11(5)23-12-6(14)10(20)8(18)4(2-16)22-12/h3-12,15-20H,1-2H2/t3?,4?,5?,6?,7-,8-,9?,10?,11-,12+/m1/s1. The molecule has 0 aromatic rings. The summed E-state index contributed by atoms with van der Waals surface area (Å²) < 4.78 is 42.6. The van der Waals surface area contributed by atoms with E-state index in [0.717, 1.165) is 0 Å². The lowest BCUT2D eigenvalue weighted by Crippen LogP contribution is -2.62. The van der Waals surface area contributed by atoms with Crippen molar-refractivity contribution in [2.75, 3.05) is 13.2 Å². The summed E-state index contributed by atoms with van der Waals surface area (Å²) >= 11 is 0. The first-order valence-corrected chi connectivity index (χ1v) is 7.00. The topological polar surface area (TPSA) is 149 Å². The van der Waals surface area contributed by atoms with Crippen LogP contribution in [0.4, 0.5) is 8.78 Å². The first kappa shape index (κ1) is 18.8. The summed E-state index contributed by atoms with van der Waals surface area (Å²) in [5.41, 5.74) is 0. The average Bonchev–Trinajstić information content (AvgIpc) is 2.55. The first-order valence-electron chi connectivity index (χ1n) is 7.00. The van der Waals surface area contributed by atoms with Gasteiger partial charge in [0.1, 0.15) is 36.6 Å². The van der Waals surface area contributed by atoms with Gasteiger partial charge < -0.3 is 44.8 Å². The van der Waals surface area contributed by atoms with E-state index in [1.165, 1.54) is 0 Å². The molecule has 0 spiro atoms. The smallest absolute Gasteiger partial charge is 0.195 e. The highest BCUT2D eigenvalue weighted by Gasteiger charge is 2.50. The van der Waals surface area contributed by atoms with Gasteiger partial charge in [-0.05, 0) is 0 Å². The van der Waals surface area contributed by atoms with Gasteiger partial charge in [-0.2, -0.15) is 0 Å². The molecule has 2 aliphatic heterocycles. The Morgan fingerprint density at radius 3 is 1.35 bits per heavy atom. The average molecular weight is 346 g/mol. The van der Waals surface area contributed by atoms with E-state index >= 15 is 0 Å². The Kier molecular flexibility index (Phi) is 6.22. The van der Waals surface area contributed by atoms with Crippen LogP contribution in [0.25, 0.3) is 0 Å². The largest absolute Gasteiger partial charge is 0.394 e. The van der Waals surface area contributed by atoms with Crippen LogP contribution in [0.2, 0.25) is 0 Å². The van der Waals surface area contributed by atoms with Gasteiger partial charge in [-0.3, -0.25) is 0 Å². The summed E-state index contributed by atoms with van der Waals surface area (Å²) in [5.74, 6) is 0. The lowest BCUT2D eigenvalue weighted by Gasteiger charge is -2.43. The van der Waals surface area contributed by atoms with Crippen molar-refractivity contribution in [3.8, 4) is 0 Å². The number of aliphatic hydroxyl groups is 6. The maximum Gasteiger partial charge on any atom is 0.195 e. The summed E-state index contributed by atoms with van der Waals surface area (Å²) in [6.07, 6.45) is -18.4. The maximum absolute atomic E-state index is 14.0. The van der Waals surface area contributed by atoms with Gasteiger partial charge in [0.15, 0.2) is 24.9 Å². The number of ether oxygens (including phenoxy) is 3. The maximum atomic E-state index is 14.0. The molecule has 23 heavy (non-hydrogen) atoms. The number of halogens is 2. The van der Waals surface area contributed by atoms with E-state index in [0.29, 0.717) is 0 Å². The molecule has 0 bridgehead atoms. The second kappa shape index (κ2) is 7.59. The van der Waals surface area contributed by atoms with Crippen LogP contribution in [-0.2, 0) is 14.2 Å². The molecule has 0 aromatic carbocycles. The highest BCUT2D eigenvalue weighted by atomic mass is 19.1. The molecule has 9 nitrogen and oxygen atoms in total. The van der Waals surface area contributed by atoms with Gasteiger partial charge in [0, 0.05) is 0 Å². The molecule has 6 unspecified atom stereocenters. The number of hydrogen-bond acceptors (Lipinski definition) is 9. The third-order valence-electron chi connectivity index (χ3n) is 3.88. The van der Waals surface area contributed by atoms with Crippen molar-refractivity contribution < 1.29 is 53.6 Å². The Hall–Kier alpha value is -0.500. The molecule has 136 valence electrons. The Bertz CT molecular complexity index is 352.